The van der Waals surface area contributed by atoms with Crippen molar-refractivity contribution in [1.29, 1.82) is 0 Å². The van der Waals surface area contributed by atoms with E-state index in [0.29, 0.717) is 5.75 Å². The van der Waals surface area contributed by atoms with E-state index >= 15 is 0 Å². The Morgan fingerprint density at radius 1 is 1.18 bits per heavy atom. The van der Waals surface area contributed by atoms with Gasteiger partial charge in [0.25, 0.3) is 0 Å². The second-order valence-corrected chi connectivity index (χ2v) is 8.20. The van der Waals surface area contributed by atoms with Crippen LogP contribution in [0.2, 0.25) is 0 Å². The Kier molecular flexibility index (Phi) is 6.92. The molecule has 22 heavy (non-hydrogen) atoms. The highest BCUT2D eigenvalue weighted by Gasteiger charge is 2.20. The summed E-state index contributed by atoms with van der Waals surface area (Å²) in [4.78, 5) is 17.6. The Bertz CT molecular complexity index is 511. The van der Waals surface area contributed by atoms with Gasteiger partial charge >= 0.3 is 0 Å². The molecule has 1 aliphatic heterocycles. The molecule has 4 nitrogen and oxygen atoms in total. The smallest absolute Gasteiger partial charge is 0.233 e. The first kappa shape index (κ1) is 17.5. The normalized spacial score (nSPS) is 17.5. The molecule has 6 heteroatoms. The molecule has 1 aromatic rings. The van der Waals surface area contributed by atoms with E-state index < -0.39 is 10.8 Å². The third-order valence-corrected chi connectivity index (χ3v) is 5.56. The number of thioether (sulfide) groups is 1. The second-order valence-electron chi connectivity index (χ2n) is 5.60. The molecule has 0 radical (unpaired) electrons. The minimum atomic E-state index is -0.736. The molecule has 0 spiro atoms. The largest absolute Gasteiger partial charge is 0.339 e. The van der Waals surface area contributed by atoms with Crippen LogP contribution in [-0.4, -0.2) is 70.4 Å². The van der Waals surface area contributed by atoms with Crippen LogP contribution in [-0.2, 0) is 15.6 Å². The van der Waals surface area contributed by atoms with Crippen molar-refractivity contribution in [2.24, 2.45) is 0 Å². The molecule has 1 aromatic carbocycles. The highest BCUT2D eigenvalue weighted by atomic mass is 32.2. The lowest BCUT2D eigenvalue weighted by molar-refractivity contribution is -0.130. The van der Waals surface area contributed by atoms with E-state index in [1.54, 1.807) is 18.0 Å². The molecule has 0 bridgehead atoms. The SMILES string of the molecule is Cc1ccc(SCC(=O)N2CCN(CC[S@](C)=O)CC2)cc1. The summed E-state index contributed by atoms with van der Waals surface area (Å²) in [6.45, 7) is 6.26. The molecule has 1 saturated heterocycles. The summed E-state index contributed by atoms with van der Waals surface area (Å²) < 4.78 is 11.1. The Hall–Kier alpha value is -0.850. The number of carbonyl (C=O) groups excluding carboxylic acids is 1. The number of piperazine rings is 1. The topological polar surface area (TPSA) is 40.6 Å². The summed E-state index contributed by atoms with van der Waals surface area (Å²) in [5.74, 6) is 1.43. The van der Waals surface area contributed by atoms with Crippen LogP contribution in [0, 0.1) is 6.92 Å². The number of rotatable bonds is 6. The average Bonchev–Trinajstić information content (AvgIpc) is 2.52. The lowest BCUT2D eigenvalue weighted by atomic mass is 10.2. The zero-order valence-electron chi connectivity index (χ0n) is 13.3. The van der Waals surface area contributed by atoms with Gasteiger partial charge in [-0.25, -0.2) is 0 Å². The van der Waals surface area contributed by atoms with Crippen molar-refractivity contribution in [2.75, 3.05) is 50.5 Å². The van der Waals surface area contributed by atoms with Gasteiger partial charge in [0.05, 0.1) is 5.75 Å². The number of hydrogen-bond acceptors (Lipinski definition) is 4. The lowest BCUT2D eigenvalue weighted by Crippen LogP contribution is -2.49. The third-order valence-electron chi connectivity index (χ3n) is 3.80. The minimum absolute atomic E-state index is 0.212. The van der Waals surface area contributed by atoms with Crippen LogP contribution in [0.4, 0.5) is 0 Å². The predicted octanol–water partition coefficient (Wildman–Crippen LogP) is 1.61. The van der Waals surface area contributed by atoms with Gasteiger partial charge in [-0.2, -0.15) is 0 Å². The maximum absolute atomic E-state index is 12.2. The van der Waals surface area contributed by atoms with E-state index in [4.69, 9.17) is 0 Å². The maximum Gasteiger partial charge on any atom is 0.233 e. The van der Waals surface area contributed by atoms with Gasteiger partial charge in [-0.1, -0.05) is 17.7 Å². The molecule has 1 aliphatic rings. The minimum Gasteiger partial charge on any atom is -0.339 e. The van der Waals surface area contributed by atoms with Crippen molar-refractivity contribution in [2.45, 2.75) is 11.8 Å². The molecule has 0 N–H and O–H groups in total. The molecule has 2 rings (SSSR count). The van der Waals surface area contributed by atoms with E-state index in [-0.39, 0.29) is 5.91 Å². The first-order valence-electron chi connectivity index (χ1n) is 7.54. The number of benzene rings is 1. The van der Waals surface area contributed by atoms with Crippen molar-refractivity contribution < 1.29 is 9.00 Å². The first-order valence-corrected chi connectivity index (χ1v) is 10.3. The highest BCUT2D eigenvalue weighted by molar-refractivity contribution is 8.00. The second kappa shape index (κ2) is 8.70. The molecular weight excluding hydrogens is 316 g/mol. The fourth-order valence-corrected chi connectivity index (χ4v) is 3.67. The summed E-state index contributed by atoms with van der Waals surface area (Å²) in [7, 11) is -0.736. The van der Waals surface area contributed by atoms with Crippen LogP contribution in [0.15, 0.2) is 29.2 Å². The summed E-state index contributed by atoms with van der Waals surface area (Å²) >= 11 is 1.60. The van der Waals surface area contributed by atoms with Crippen molar-refractivity contribution in [1.82, 2.24) is 9.80 Å². The number of amides is 1. The van der Waals surface area contributed by atoms with Crippen LogP contribution in [0.3, 0.4) is 0 Å². The van der Waals surface area contributed by atoms with Gasteiger partial charge < -0.3 is 4.90 Å². The van der Waals surface area contributed by atoms with Gasteiger partial charge in [-0.3, -0.25) is 13.9 Å². The number of aryl methyl sites for hydroxylation is 1. The van der Waals surface area contributed by atoms with E-state index in [2.05, 4.69) is 36.1 Å². The van der Waals surface area contributed by atoms with Gasteiger partial charge in [-0.15, -0.1) is 11.8 Å². The first-order chi connectivity index (χ1) is 10.5. The standard InChI is InChI=1S/C16H24N2O2S2/c1-14-3-5-15(6-4-14)21-13-16(19)18-9-7-17(8-10-18)11-12-22(2)20/h3-6H,7-13H2,1-2H3/t22-/m0/s1. The van der Waals surface area contributed by atoms with Crippen LogP contribution in [0.1, 0.15) is 5.56 Å². The molecule has 1 heterocycles. The van der Waals surface area contributed by atoms with E-state index in [1.165, 1.54) is 5.56 Å². The van der Waals surface area contributed by atoms with Crippen molar-refractivity contribution in [3.8, 4) is 0 Å². The average molecular weight is 341 g/mol. The molecule has 1 amide bonds. The van der Waals surface area contributed by atoms with Crippen molar-refractivity contribution >= 4 is 28.5 Å². The zero-order chi connectivity index (χ0) is 15.9. The molecule has 0 aliphatic carbocycles. The van der Waals surface area contributed by atoms with Gasteiger partial charge in [0.15, 0.2) is 0 Å². The summed E-state index contributed by atoms with van der Waals surface area (Å²) in [5.41, 5.74) is 1.24. The Morgan fingerprint density at radius 2 is 1.82 bits per heavy atom. The molecule has 1 atom stereocenters. The van der Waals surface area contributed by atoms with Crippen LogP contribution >= 0.6 is 11.8 Å². The fourth-order valence-electron chi connectivity index (χ4n) is 2.35. The number of carbonyl (C=O) groups is 1. The predicted molar refractivity (Wildman–Crippen MR) is 93.9 cm³/mol. The van der Waals surface area contributed by atoms with Crippen molar-refractivity contribution in [3.05, 3.63) is 29.8 Å². The highest BCUT2D eigenvalue weighted by Crippen LogP contribution is 2.19. The van der Waals surface area contributed by atoms with Crippen LogP contribution in [0.25, 0.3) is 0 Å². The third kappa shape index (κ3) is 5.74. The monoisotopic (exact) mass is 340 g/mol. The van der Waals surface area contributed by atoms with Crippen LogP contribution < -0.4 is 0 Å². The summed E-state index contributed by atoms with van der Waals surface area (Å²) in [6.07, 6.45) is 1.74. The van der Waals surface area contributed by atoms with Gasteiger partial charge in [0.1, 0.15) is 0 Å². The molecule has 1 fully saturated rings. The van der Waals surface area contributed by atoms with E-state index in [0.717, 1.165) is 43.4 Å². The molecule has 122 valence electrons. The maximum atomic E-state index is 12.2. The Morgan fingerprint density at radius 3 is 2.41 bits per heavy atom. The van der Waals surface area contributed by atoms with Gasteiger partial charge in [0.2, 0.25) is 5.91 Å². The van der Waals surface area contributed by atoms with E-state index in [1.807, 2.05) is 4.90 Å². The quantitative estimate of drug-likeness (QED) is 0.738. The fraction of sp³-hybridized carbons (Fsp3) is 0.562. The molecule has 0 unspecified atom stereocenters. The molecular formula is C16H24N2O2S2. The molecule has 0 aromatic heterocycles. The van der Waals surface area contributed by atoms with Gasteiger partial charge in [-0.05, 0) is 19.1 Å². The zero-order valence-corrected chi connectivity index (χ0v) is 14.9. The lowest BCUT2D eigenvalue weighted by Gasteiger charge is -2.34. The summed E-state index contributed by atoms with van der Waals surface area (Å²) in [6, 6.07) is 8.28. The number of nitrogens with zero attached hydrogens (tertiary/aromatic N) is 2. The van der Waals surface area contributed by atoms with Gasteiger partial charge in [0, 0.05) is 60.4 Å². The van der Waals surface area contributed by atoms with E-state index in [9.17, 15) is 9.00 Å². The van der Waals surface area contributed by atoms with Crippen molar-refractivity contribution in [3.63, 3.8) is 0 Å². The summed E-state index contributed by atoms with van der Waals surface area (Å²) in [5, 5.41) is 0. The van der Waals surface area contributed by atoms with Crippen LogP contribution in [0.5, 0.6) is 0 Å². The Labute approximate surface area is 139 Å². The molecule has 0 saturated carbocycles. The Balaban J connectivity index is 1.70. The number of hydrogen-bond donors (Lipinski definition) is 0.